The van der Waals surface area contributed by atoms with Gasteiger partial charge in [0, 0.05) is 0 Å². The van der Waals surface area contributed by atoms with Crippen molar-refractivity contribution in [1.29, 1.82) is 0 Å². The smallest absolute Gasteiger partial charge is 0.350 e. The van der Waals surface area contributed by atoms with E-state index in [9.17, 15) is 21.6 Å². The molecule has 2 N–H and O–H groups in total. The lowest BCUT2D eigenvalue weighted by Gasteiger charge is -2.23. The summed E-state index contributed by atoms with van der Waals surface area (Å²) in [7, 11) is -8.50. The fraction of sp³-hybridized carbons (Fsp3) is 0.182. The number of carbonyl (C=O) groups excluding carboxylic acids is 1. The largest absolute Gasteiger partial charge is 0.381 e. The Hall–Kier alpha value is -2.67. The third-order valence-electron chi connectivity index (χ3n) is 3.18. The van der Waals surface area contributed by atoms with Crippen molar-refractivity contribution in [1.82, 2.24) is 15.1 Å². The maximum Gasteiger partial charge on any atom is 0.350 e. The van der Waals surface area contributed by atoms with Gasteiger partial charge in [-0.05, 0) is 23.3 Å². The van der Waals surface area contributed by atoms with Crippen LogP contribution >= 0.6 is 0 Å². The van der Waals surface area contributed by atoms with Gasteiger partial charge in [-0.1, -0.05) is 16.5 Å². The number of hydrogen-bond acceptors (Lipinski definition) is 8. The maximum atomic E-state index is 12.8. The van der Waals surface area contributed by atoms with Crippen LogP contribution in [-0.2, 0) is 26.6 Å². The minimum absolute atomic E-state index is 0.0842. The molecule has 0 radical (unpaired) electrons. The van der Waals surface area contributed by atoms with E-state index in [4.69, 9.17) is 9.92 Å². The normalized spacial score (nSPS) is 16.0. The second-order valence-electron chi connectivity index (χ2n) is 4.75. The van der Waals surface area contributed by atoms with Gasteiger partial charge in [0.1, 0.15) is 4.90 Å². The maximum absolute atomic E-state index is 12.8. The predicted octanol–water partition coefficient (Wildman–Crippen LogP) is -1.05. The first kappa shape index (κ1) is 16.2. The molecule has 0 aliphatic carbocycles. The quantitative estimate of drug-likeness (QED) is 0.668. The predicted molar refractivity (Wildman–Crippen MR) is 79.6 cm³/mol. The molecule has 24 heavy (non-hydrogen) atoms. The average Bonchev–Trinajstić information content (AvgIpc) is 2.98. The van der Waals surface area contributed by atoms with Crippen LogP contribution in [-0.4, -0.2) is 43.7 Å². The molecule has 1 aromatic carbocycles. The van der Waals surface area contributed by atoms with E-state index in [1.165, 1.54) is 12.1 Å². The number of para-hydroxylation sites is 1. The lowest BCUT2D eigenvalue weighted by Crippen LogP contribution is -2.48. The van der Waals surface area contributed by atoms with Crippen molar-refractivity contribution < 1.29 is 25.8 Å². The van der Waals surface area contributed by atoms with E-state index in [-0.39, 0.29) is 22.3 Å². The van der Waals surface area contributed by atoms with Gasteiger partial charge >= 0.3 is 16.1 Å². The molecule has 0 fully saturated rings. The lowest BCUT2D eigenvalue weighted by atomic mass is 10.1. The van der Waals surface area contributed by atoms with Crippen LogP contribution in [0.2, 0.25) is 0 Å². The van der Waals surface area contributed by atoms with Crippen molar-refractivity contribution in [3.05, 3.63) is 36.2 Å². The van der Waals surface area contributed by atoms with Gasteiger partial charge in [-0.2, -0.15) is 16.8 Å². The van der Waals surface area contributed by atoms with Gasteiger partial charge in [0.2, 0.25) is 0 Å². The molecule has 128 valence electrons. The minimum Gasteiger partial charge on any atom is -0.381 e. The number of sulfonamides is 1. The zero-order valence-corrected chi connectivity index (χ0v) is 13.6. The summed E-state index contributed by atoms with van der Waals surface area (Å²) in [6.07, 6.45) is 2.32. The Morgan fingerprint density at radius 3 is 2.75 bits per heavy atom. The Kier molecular flexibility index (Phi) is 3.68. The van der Waals surface area contributed by atoms with E-state index in [2.05, 4.69) is 10.3 Å². The molecule has 13 heteroatoms. The van der Waals surface area contributed by atoms with Crippen LogP contribution in [0.4, 0.5) is 4.79 Å². The molecule has 0 unspecified atom stereocenters. The Labute approximate surface area is 136 Å². The molecule has 1 aromatic heterocycles. The summed E-state index contributed by atoms with van der Waals surface area (Å²) in [4.78, 5) is 11.7. The van der Waals surface area contributed by atoms with Crippen molar-refractivity contribution in [2.45, 2.75) is 11.3 Å². The van der Waals surface area contributed by atoms with Gasteiger partial charge in [-0.25, -0.2) is 4.79 Å². The van der Waals surface area contributed by atoms with E-state index in [1.54, 1.807) is 0 Å². The van der Waals surface area contributed by atoms with Gasteiger partial charge in [-0.3, -0.25) is 0 Å². The molecule has 0 bridgehead atoms. The highest BCUT2D eigenvalue weighted by atomic mass is 32.2. The number of aryl methyl sites for hydroxylation is 1. The standard InChI is InChI=1S/C11H11N5O6S2/c12-11(17)16(15-6-5-13-14-15)24(20,21)9-3-1-2-8-4-7-23(18,19)22-10(8)9/h1-3,5-6H,4,7H2,(H2,12,17). The molecule has 11 nitrogen and oxygen atoms in total. The van der Waals surface area contributed by atoms with E-state index in [0.717, 1.165) is 18.5 Å². The average molecular weight is 373 g/mol. The van der Waals surface area contributed by atoms with Gasteiger partial charge in [-0.15, -0.1) is 9.89 Å². The zero-order chi connectivity index (χ0) is 17.5. The fourth-order valence-corrected chi connectivity index (χ4v) is 4.63. The van der Waals surface area contributed by atoms with Crippen LogP contribution < -0.4 is 14.3 Å². The highest BCUT2D eigenvalue weighted by Crippen LogP contribution is 2.34. The number of aromatic nitrogens is 3. The molecule has 2 amide bonds. The third-order valence-corrected chi connectivity index (χ3v) is 5.99. The first-order valence-electron chi connectivity index (χ1n) is 6.48. The second-order valence-corrected chi connectivity index (χ2v) is 8.18. The van der Waals surface area contributed by atoms with Gasteiger partial charge in [0.25, 0.3) is 10.0 Å². The highest BCUT2D eigenvalue weighted by Gasteiger charge is 2.36. The van der Waals surface area contributed by atoms with Crippen LogP contribution in [0.5, 0.6) is 5.75 Å². The second kappa shape index (κ2) is 5.45. The van der Waals surface area contributed by atoms with E-state index < -0.39 is 31.1 Å². The Morgan fingerprint density at radius 2 is 2.12 bits per heavy atom. The first-order valence-corrected chi connectivity index (χ1v) is 9.49. The van der Waals surface area contributed by atoms with Crippen molar-refractivity contribution in [3.63, 3.8) is 0 Å². The Balaban J connectivity index is 2.20. The summed E-state index contributed by atoms with van der Waals surface area (Å²) >= 11 is 0. The van der Waals surface area contributed by atoms with Gasteiger partial charge in [0.15, 0.2) is 5.75 Å². The number of nitrogens with two attached hydrogens (primary N) is 1. The monoisotopic (exact) mass is 373 g/mol. The molecule has 2 aromatic rings. The molecular formula is C11H11N5O6S2. The van der Waals surface area contributed by atoms with E-state index >= 15 is 0 Å². The van der Waals surface area contributed by atoms with Gasteiger partial charge in [0.05, 0.1) is 18.1 Å². The summed E-state index contributed by atoms with van der Waals surface area (Å²) in [5, 5.41) is 6.84. The fourth-order valence-electron chi connectivity index (χ4n) is 2.18. The Bertz CT molecular complexity index is 1000. The van der Waals surface area contributed by atoms with Crippen LogP contribution in [0.3, 0.4) is 0 Å². The van der Waals surface area contributed by atoms with E-state index in [1.807, 2.05) is 0 Å². The molecule has 1 aliphatic heterocycles. The third kappa shape index (κ3) is 2.67. The van der Waals surface area contributed by atoms with Crippen LogP contribution in [0.1, 0.15) is 5.56 Å². The van der Waals surface area contributed by atoms with Crippen molar-refractivity contribution in [2.24, 2.45) is 5.73 Å². The van der Waals surface area contributed by atoms with Crippen molar-refractivity contribution in [2.75, 3.05) is 10.2 Å². The SMILES string of the molecule is NC(=O)N(n1ccnn1)S(=O)(=O)c1cccc2c1OS(=O)(=O)CC2. The van der Waals surface area contributed by atoms with Crippen molar-refractivity contribution >= 4 is 26.2 Å². The van der Waals surface area contributed by atoms with Crippen LogP contribution in [0.15, 0.2) is 35.5 Å². The molecule has 0 spiro atoms. The summed E-state index contributed by atoms with van der Waals surface area (Å²) in [6.45, 7) is 0. The minimum atomic E-state index is -4.59. The van der Waals surface area contributed by atoms with Crippen LogP contribution in [0, 0.1) is 0 Å². The number of fused-ring (bicyclic) bond motifs is 1. The topological polar surface area (TPSA) is 155 Å². The number of nitrogens with zero attached hydrogens (tertiary/aromatic N) is 4. The Morgan fingerprint density at radius 1 is 1.38 bits per heavy atom. The zero-order valence-electron chi connectivity index (χ0n) is 11.9. The van der Waals surface area contributed by atoms with E-state index in [0.29, 0.717) is 10.4 Å². The number of urea groups is 1. The molecule has 3 rings (SSSR count). The molecule has 1 aliphatic rings. The highest BCUT2D eigenvalue weighted by molar-refractivity contribution is 7.93. The van der Waals surface area contributed by atoms with Gasteiger partial charge < -0.3 is 9.92 Å². The number of amides is 2. The number of primary amides is 1. The summed E-state index contributed by atoms with van der Waals surface area (Å²) in [5.74, 6) is -0.623. The summed E-state index contributed by atoms with van der Waals surface area (Å²) in [6, 6.07) is 2.71. The van der Waals surface area contributed by atoms with Crippen LogP contribution in [0.25, 0.3) is 0 Å². The number of hydrogen-bond donors (Lipinski definition) is 1. The summed E-state index contributed by atoms with van der Waals surface area (Å²) in [5.41, 5.74) is 5.52. The molecular weight excluding hydrogens is 362 g/mol. The summed E-state index contributed by atoms with van der Waals surface area (Å²) < 4.78 is 54.0. The molecule has 2 heterocycles. The number of benzene rings is 1. The molecule has 0 atom stereocenters. The van der Waals surface area contributed by atoms with Crippen molar-refractivity contribution in [3.8, 4) is 5.75 Å². The lowest BCUT2D eigenvalue weighted by molar-refractivity contribution is 0.252. The molecule has 0 saturated heterocycles. The first-order chi connectivity index (χ1) is 11.2. The molecule has 0 saturated carbocycles. The number of rotatable bonds is 3. The number of carbonyl (C=O) groups is 1.